The van der Waals surface area contributed by atoms with Crippen LogP contribution in [-0.2, 0) is 20.8 Å². The van der Waals surface area contributed by atoms with Crippen molar-refractivity contribution in [2.24, 2.45) is 0 Å². The molecule has 0 unspecified atom stereocenters. The second-order valence-electron chi connectivity index (χ2n) is 11.3. The lowest BCUT2D eigenvalue weighted by Crippen LogP contribution is -2.51. The van der Waals surface area contributed by atoms with Gasteiger partial charge >= 0.3 is 6.09 Å². The Balaban J connectivity index is 1.32. The number of rotatable bonds is 7. The number of para-hydroxylation sites is 2. The van der Waals surface area contributed by atoms with Crippen LogP contribution >= 0.6 is 0 Å². The summed E-state index contributed by atoms with van der Waals surface area (Å²) in [5.74, 6) is -0.316. The minimum atomic E-state index is -0.717. The van der Waals surface area contributed by atoms with E-state index >= 15 is 0 Å². The van der Waals surface area contributed by atoms with Gasteiger partial charge in [0.2, 0.25) is 5.91 Å². The van der Waals surface area contributed by atoms with Crippen molar-refractivity contribution >= 4 is 34.5 Å². The van der Waals surface area contributed by atoms with Gasteiger partial charge in [-0.05, 0) is 18.2 Å². The van der Waals surface area contributed by atoms with Gasteiger partial charge in [-0.25, -0.2) is 9.78 Å². The Hall–Kier alpha value is -4.84. The lowest BCUT2D eigenvalue weighted by Gasteiger charge is -2.36. The van der Waals surface area contributed by atoms with Crippen LogP contribution in [0.3, 0.4) is 0 Å². The third-order valence-corrected chi connectivity index (χ3v) is 8.42. The quantitative estimate of drug-likeness (QED) is 0.311. The zero-order valence-corrected chi connectivity index (χ0v) is 25.9. The van der Waals surface area contributed by atoms with Gasteiger partial charge in [0.25, 0.3) is 5.91 Å². The molecule has 1 N–H and O–H groups in total. The highest BCUT2D eigenvalue weighted by Crippen LogP contribution is 2.32. The SMILES string of the molecule is COC(=O)N(NC(=O)c1c(CN2CCN(CC(=O)N3CCOCC3)CC2)c(-c2ccccc2)nc2ccccc12)c1ccccc1. The number of pyridine rings is 1. The van der Waals surface area contributed by atoms with Crippen molar-refractivity contribution in [2.45, 2.75) is 6.54 Å². The molecule has 2 aliphatic heterocycles. The first-order chi connectivity index (χ1) is 22.5. The number of carbonyl (C=O) groups is 3. The van der Waals surface area contributed by atoms with Crippen molar-refractivity contribution < 1.29 is 23.9 Å². The van der Waals surface area contributed by atoms with Crippen molar-refractivity contribution in [3.63, 3.8) is 0 Å². The summed E-state index contributed by atoms with van der Waals surface area (Å²) in [5.41, 5.74) is 6.76. The molecule has 3 aromatic carbocycles. The van der Waals surface area contributed by atoms with Gasteiger partial charge in [-0.15, -0.1) is 0 Å². The molecule has 0 bridgehead atoms. The van der Waals surface area contributed by atoms with E-state index in [1.54, 1.807) is 24.3 Å². The van der Waals surface area contributed by atoms with E-state index in [-0.39, 0.29) is 5.91 Å². The van der Waals surface area contributed by atoms with Crippen LogP contribution in [0.25, 0.3) is 22.2 Å². The normalized spacial score (nSPS) is 15.8. The number of nitrogens with one attached hydrogen (secondary N) is 1. The third-order valence-electron chi connectivity index (χ3n) is 8.42. The van der Waals surface area contributed by atoms with Gasteiger partial charge in [-0.1, -0.05) is 66.7 Å². The van der Waals surface area contributed by atoms with Gasteiger partial charge in [0.1, 0.15) is 0 Å². The molecule has 2 saturated heterocycles. The predicted molar refractivity (Wildman–Crippen MR) is 175 cm³/mol. The predicted octanol–water partition coefficient (Wildman–Crippen LogP) is 3.80. The average molecular weight is 623 g/mol. The zero-order chi connectivity index (χ0) is 31.9. The van der Waals surface area contributed by atoms with Gasteiger partial charge in [-0.3, -0.25) is 24.8 Å². The minimum Gasteiger partial charge on any atom is -0.451 e. The number of fused-ring (bicyclic) bond motifs is 1. The number of amides is 3. The number of nitrogens with zero attached hydrogens (tertiary/aromatic N) is 5. The van der Waals surface area contributed by atoms with Crippen LogP contribution in [0.1, 0.15) is 15.9 Å². The molecule has 11 heteroatoms. The van der Waals surface area contributed by atoms with E-state index in [2.05, 4.69) is 15.2 Å². The zero-order valence-electron chi connectivity index (χ0n) is 25.9. The lowest BCUT2D eigenvalue weighted by atomic mass is 9.95. The third kappa shape index (κ3) is 7.02. The molecule has 2 aliphatic rings. The molecule has 0 atom stereocenters. The number of anilines is 1. The standard InChI is InChI=1S/C35H38N6O5/c1-45-35(44)41(27-12-6-3-7-13-27)37-34(43)32-28-14-8-9-15-30(28)36-33(26-10-4-2-5-11-26)29(32)24-38-16-18-39(19-17-38)25-31(42)40-20-22-46-23-21-40/h2-15H,16-25H2,1H3,(H,37,43). The molecule has 4 aromatic rings. The Bertz CT molecular complexity index is 1670. The number of piperazine rings is 1. The Morgan fingerprint density at radius 3 is 2.15 bits per heavy atom. The van der Waals surface area contributed by atoms with E-state index in [9.17, 15) is 14.4 Å². The molecule has 11 nitrogen and oxygen atoms in total. The highest BCUT2D eigenvalue weighted by atomic mass is 16.5. The Kier molecular flexibility index (Phi) is 9.82. The van der Waals surface area contributed by atoms with Crippen molar-refractivity contribution in [1.29, 1.82) is 0 Å². The molecule has 3 amide bonds. The first-order valence-corrected chi connectivity index (χ1v) is 15.5. The number of benzene rings is 3. The molecule has 0 aliphatic carbocycles. The number of aromatic nitrogens is 1. The maximum absolute atomic E-state index is 14.4. The van der Waals surface area contributed by atoms with Gasteiger partial charge in [0.05, 0.1) is 49.3 Å². The fourth-order valence-corrected chi connectivity index (χ4v) is 5.97. The average Bonchev–Trinajstić information content (AvgIpc) is 3.11. The summed E-state index contributed by atoms with van der Waals surface area (Å²) >= 11 is 0. The molecule has 238 valence electrons. The molecular formula is C35H38N6O5. The molecule has 0 radical (unpaired) electrons. The number of hydrazine groups is 1. The highest BCUT2D eigenvalue weighted by molar-refractivity contribution is 6.10. The summed E-state index contributed by atoms with van der Waals surface area (Å²) in [6.45, 7) is 6.18. The number of hydrogen-bond acceptors (Lipinski definition) is 8. The molecule has 6 rings (SSSR count). The molecule has 3 heterocycles. The molecule has 0 saturated carbocycles. The van der Waals surface area contributed by atoms with Crippen LogP contribution in [0.15, 0.2) is 84.9 Å². The number of carbonyl (C=O) groups excluding carboxylic acids is 3. The van der Waals surface area contributed by atoms with Crippen LogP contribution in [0.4, 0.5) is 10.5 Å². The molecule has 0 spiro atoms. The van der Waals surface area contributed by atoms with E-state index in [1.165, 1.54) is 7.11 Å². The number of hydrogen-bond donors (Lipinski definition) is 1. The van der Waals surface area contributed by atoms with E-state index in [0.717, 1.165) is 42.3 Å². The van der Waals surface area contributed by atoms with Crippen LogP contribution in [0.2, 0.25) is 0 Å². The van der Waals surface area contributed by atoms with Crippen LogP contribution < -0.4 is 10.4 Å². The summed E-state index contributed by atoms with van der Waals surface area (Å²) in [6.07, 6.45) is -0.717. The van der Waals surface area contributed by atoms with E-state index in [4.69, 9.17) is 14.5 Å². The van der Waals surface area contributed by atoms with E-state index in [1.807, 2.05) is 65.6 Å². The number of methoxy groups -OCH3 is 1. The van der Waals surface area contributed by atoms with Gasteiger partial charge in [-0.2, -0.15) is 5.01 Å². The Morgan fingerprint density at radius 1 is 0.826 bits per heavy atom. The maximum Gasteiger partial charge on any atom is 0.433 e. The van der Waals surface area contributed by atoms with Gasteiger partial charge in [0.15, 0.2) is 0 Å². The smallest absolute Gasteiger partial charge is 0.433 e. The number of morpholine rings is 1. The Morgan fingerprint density at radius 2 is 1.46 bits per heavy atom. The maximum atomic E-state index is 14.4. The summed E-state index contributed by atoms with van der Waals surface area (Å²) in [6, 6.07) is 26.2. The summed E-state index contributed by atoms with van der Waals surface area (Å²) in [5, 5.41) is 1.80. The lowest BCUT2D eigenvalue weighted by molar-refractivity contribution is -0.136. The van der Waals surface area contributed by atoms with Crippen molar-refractivity contribution in [1.82, 2.24) is 25.1 Å². The Labute approximate surface area is 268 Å². The first-order valence-electron chi connectivity index (χ1n) is 15.5. The second kappa shape index (κ2) is 14.5. The largest absolute Gasteiger partial charge is 0.451 e. The second-order valence-corrected chi connectivity index (χ2v) is 11.3. The van der Waals surface area contributed by atoms with E-state index in [0.29, 0.717) is 67.2 Å². The monoisotopic (exact) mass is 622 g/mol. The van der Waals surface area contributed by atoms with Crippen molar-refractivity contribution in [3.05, 3.63) is 96.1 Å². The highest BCUT2D eigenvalue weighted by Gasteiger charge is 2.29. The molecule has 1 aromatic heterocycles. The summed E-state index contributed by atoms with van der Waals surface area (Å²) in [7, 11) is 1.28. The van der Waals surface area contributed by atoms with Crippen LogP contribution in [0.5, 0.6) is 0 Å². The summed E-state index contributed by atoms with van der Waals surface area (Å²) < 4.78 is 10.4. The van der Waals surface area contributed by atoms with E-state index < -0.39 is 12.0 Å². The van der Waals surface area contributed by atoms with Crippen LogP contribution in [0, 0.1) is 0 Å². The minimum absolute atomic E-state index is 0.134. The van der Waals surface area contributed by atoms with Crippen molar-refractivity contribution in [2.75, 3.05) is 71.1 Å². The molecule has 2 fully saturated rings. The topological polar surface area (TPSA) is 108 Å². The van der Waals surface area contributed by atoms with Crippen LogP contribution in [-0.4, -0.2) is 104 Å². The van der Waals surface area contributed by atoms with Crippen molar-refractivity contribution in [3.8, 4) is 11.3 Å². The first kappa shape index (κ1) is 31.2. The summed E-state index contributed by atoms with van der Waals surface area (Å²) in [4.78, 5) is 51.5. The number of ether oxygens (including phenoxy) is 2. The molecular weight excluding hydrogens is 584 g/mol. The van der Waals surface area contributed by atoms with Gasteiger partial charge in [0, 0.05) is 62.3 Å². The fourth-order valence-electron chi connectivity index (χ4n) is 5.97. The fraction of sp³-hybridized carbons (Fsp3) is 0.314. The van der Waals surface area contributed by atoms with Gasteiger partial charge < -0.3 is 14.4 Å². The molecule has 46 heavy (non-hydrogen) atoms.